The first-order valence-electron chi connectivity index (χ1n) is 7.35. The van der Waals surface area contributed by atoms with E-state index in [2.05, 4.69) is 24.4 Å². The van der Waals surface area contributed by atoms with Crippen molar-refractivity contribution in [2.45, 2.75) is 57.5 Å². The van der Waals surface area contributed by atoms with E-state index in [4.69, 9.17) is 5.73 Å². The van der Waals surface area contributed by atoms with Gasteiger partial charge < -0.3 is 11.1 Å². The van der Waals surface area contributed by atoms with Gasteiger partial charge in [-0.15, -0.1) is 0 Å². The largest absolute Gasteiger partial charge is 0.348 e. The molecular formula is C16H24N2O. The Hall–Kier alpha value is -1.35. The number of unbranched alkanes of at least 4 members (excludes halogenated alkanes) is 3. The Morgan fingerprint density at radius 2 is 2.11 bits per heavy atom. The van der Waals surface area contributed by atoms with Crippen molar-refractivity contribution in [2.24, 2.45) is 5.73 Å². The summed E-state index contributed by atoms with van der Waals surface area (Å²) in [6.07, 6.45) is 5.99. The molecule has 1 aromatic carbocycles. The molecule has 3 N–H and O–H groups in total. The van der Waals surface area contributed by atoms with Crippen LogP contribution in [0, 0.1) is 0 Å². The minimum atomic E-state index is -0.00475. The molecule has 0 aromatic heterocycles. The molecule has 3 heteroatoms. The third-order valence-corrected chi connectivity index (χ3v) is 3.85. The van der Waals surface area contributed by atoms with E-state index in [0.717, 1.165) is 19.3 Å². The molecule has 19 heavy (non-hydrogen) atoms. The average Bonchev–Trinajstić information content (AvgIpc) is 2.72. The highest BCUT2D eigenvalue weighted by molar-refractivity contribution is 5.76. The van der Waals surface area contributed by atoms with Crippen LogP contribution in [0.4, 0.5) is 0 Å². The van der Waals surface area contributed by atoms with E-state index < -0.39 is 0 Å². The van der Waals surface area contributed by atoms with Gasteiger partial charge in [0.2, 0.25) is 5.91 Å². The van der Waals surface area contributed by atoms with Gasteiger partial charge in [0.15, 0.2) is 0 Å². The highest BCUT2D eigenvalue weighted by atomic mass is 16.1. The SMILES string of the molecule is CCCCCCC(=O)NC1c2ccccc2CC1N. The number of nitrogens with two attached hydrogens (primary N) is 1. The first-order chi connectivity index (χ1) is 9.22. The van der Waals surface area contributed by atoms with E-state index >= 15 is 0 Å². The summed E-state index contributed by atoms with van der Waals surface area (Å²) in [7, 11) is 0. The Morgan fingerprint density at radius 1 is 1.32 bits per heavy atom. The number of fused-ring (bicyclic) bond motifs is 1. The molecule has 1 amide bonds. The third kappa shape index (κ3) is 3.57. The summed E-state index contributed by atoms with van der Waals surface area (Å²) in [6, 6.07) is 8.22. The van der Waals surface area contributed by atoms with Crippen LogP contribution < -0.4 is 11.1 Å². The van der Waals surface area contributed by atoms with Crippen LogP contribution in [0.1, 0.15) is 56.2 Å². The monoisotopic (exact) mass is 260 g/mol. The van der Waals surface area contributed by atoms with E-state index in [0.29, 0.717) is 6.42 Å². The van der Waals surface area contributed by atoms with Gasteiger partial charge in [-0.1, -0.05) is 50.5 Å². The maximum Gasteiger partial charge on any atom is 0.220 e. The number of amides is 1. The molecule has 0 radical (unpaired) electrons. The maximum absolute atomic E-state index is 12.0. The van der Waals surface area contributed by atoms with Crippen molar-refractivity contribution < 1.29 is 4.79 Å². The van der Waals surface area contributed by atoms with Crippen LogP contribution in [0.2, 0.25) is 0 Å². The smallest absolute Gasteiger partial charge is 0.220 e. The molecule has 1 aliphatic rings. The van der Waals surface area contributed by atoms with Gasteiger partial charge in [0.1, 0.15) is 0 Å². The Balaban J connectivity index is 1.87. The van der Waals surface area contributed by atoms with Gasteiger partial charge >= 0.3 is 0 Å². The average molecular weight is 260 g/mol. The zero-order chi connectivity index (χ0) is 13.7. The molecule has 0 heterocycles. The van der Waals surface area contributed by atoms with Crippen molar-refractivity contribution in [2.75, 3.05) is 0 Å². The molecule has 1 aromatic rings. The number of carbonyl (C=O) groups is 1. The summed E-state index contributed by atoms with van der Waals surface area (Å²) in [6.45, 7) is 2.18. The van der Waals surface area contributed by atoms with Crippen molar-refractivity contribution in [1.29, 1.82) is 0 Å². The van der Waals surface area contributed by atoms with E-state index in [1.165, 1.54) is 24.0 Å². The van der Waals surface area contributed by atoms with E-state index in [1.54, 1.807) is 0 Å². The van der Waals surface area contributed by atoms with Crippen LogP contribution in [0.3, 0.4) is 0 Å². The first kappa shape index (κ1) is 14.1. The van der Waals surface area contributed by atoms with Crippen molar-refractivity contribution in [1.82, 2.24) is 5.32 Å². The first-order valence-corrected chi connectivity index (χ1v) is 7.35. The number of hydrogen-bond acceptors (Lipinski definition) is 2. The van der Waals surface area contributed by atoms with Crippen LogP contribution in [0.25, 0.3) is 0 Å². The fraction of sp³-hybridized carbons (Fsp3) is 0.562. The predicted octanol–water partition coefficient (Wildman–Crippen LogP) is 2.70. The van der Waals surface area contributed by atoms with Crippen molar-refractivity contribution in [3.05, 3.63) is 35.4 Å². The standard InChI is InChI=1S/C16H24N2O/c1-2-3-4-5-10-15(19)18-16-13-9-7-6-8-12(13)11-14(16)17/h6-9,14,16H,2-5,10-11,17H2,1H3,(H,18,19). The minimum Gasteiger partial charge on any atom is -0.348 e. The lowest BCUT2D eigenvalue weighted by atomic mass is 10.1. The second-order valence-electron chi connectivity index (χ2n) is 5.42. The fourth-order valence-electron chi connectivity index (χ4n) is 2.77. The quantitative estimate of drug-likeness (QED) is 0.773. The predicted molar refractivity (Wildman–Crippen MR) is 77.8 cm³/mol. The molecule has 3 nitrogen and oxygen atoms in total. The summed E-state index contributed by atoms with van der Waals surface area (Å²) in [4.78, 5) is 12.0. The number of hydrogen-bond donors (Lipinski definition) is 2. The number of nitrogens with one attached hydrogen (secondary N) is 1. The molecule has 0 fully saturated rings. The summed E-state index contributed by atoms with van der Waals surface area (Å²) in [5.74, 6) is 0.133. The lowest BCUT2D eigenvalue weighted by Gasteiger charge is -2.18. The number of rotatable bonds is 6. The van der Waals surface area contributed by atoms with Crippen molar-refractivity contribution in [3.8, 4) is 0 Å². The summed E-state index contributed by atoms with van der Waals surface area (Å²) in [5.41, 5.74) is 8.60. The number of carbonyl (C=O) groups excluding carboxylic acids is 1. The molecule has 0 spiro atoms. The van der Waals surface area contributed by atoms with Gasteiger partial charge in [-0.2, -0.15) is 0 Å². The molecule has 0 saturated heterocycles. The molecule has 2 rings (SSSR count). The Morgan fingerprint density at radius 3 is 2.89 bits per heavy atom. The molecule has 0 bridgehead atoms. The zero-order valence-electron chi connectivity index (χ0n) is 11.7. The second kappa shape index (κ2) is 6.71. The highest BCUT2D eigenvalue weighted by Crippen LogP contribution is 2.30. The van der Waals surface area contributed by atoms with E-state index in [1.807, 2.05) is 12.1 Å². The number of benzene rings is 1. The second-order valence-corrected chi connectivity index (χ2v) is 5.42. The molecule has 2 unspecified atom stereocenters. The highest BCUT2D eigenvalue weighted by Gasteiger charge is 2.30. The van der Waals surface area contributed by atoms with Gasteiger partial charge in [-0.25, -0.2) is 0 Å². The zero-order valence-corrected chi connectivity index (χ0v) is 11.7. The lowest BCUT2D eigenvalue weighted by molar-refractivity contribution is -0.122. The van der Waals surface area contributed by atoms with Gasteiger partial charge in [0, 0.05) is 12.5 Å². The Bertz CT molecular complexity index is 431. The van der Waals surface area contributed by atoms with Crippen LogP contribution in [0.5, 0.6) is 0 Å². The lowest BCUT2D eigenvalue weighted by Crippen LogP contribution is -2.38. The maximum atomic E-state index is 12.0. The van der Waals surface area contributed by atoms with Crippen LogP contribution in [-0.4, -0.2) is 11.9 Å². The van der Waals surface area contributed by atoms with Crippen LogP contribution >= 0.6 is 0 Å². The molecule has 1 aliphatic carbocycles. The minimum absolute atomic E-state index is 0.00475. The van der Waals surface area contributed by atoms with Crippen LogP contribution in [-0.2, 0) is 11.2 Å². The van der Waals surface area contributed by atoms with Gasteiger partial charge in [0.05, 0.1) is 6.04 Å². The normalized spacial score (nSPS) is 21.2. The van der Waals surface area contributed by atoms with Gasteiger partial charge in [0.25, 0.3) is 0 Å². The van der Waals surface area contributed by atoms with Crippen molar-refractivity contribution >= 4 is 5.91 Å². The summed E-state index contributed by atoms with van der Waals surface area (Å²) < 4.78 is 0. The molecule has 2 atom stereocenters. The summed E-state index contributed by atoms with van der Waals surface area (Å²) in [5, 5.41) is 3.10. The topological polar surface area (TPSA) is 55.1 Å². The molecule has 104 valence electrons. The van der Waals surface area contributed by atoms with Crippen molar-refractivity contribution in [3.63, 3.8) is 0 Å². The Kier molecular flexibility index (Phi) is 4.97. The molecule has 0 aliphatic heterocycles. The van der Waals surface area contributed by atoms with E-state index in [-0.39, 0.29) is 18.0 Å². The molecular weight excluding hydrogens is 236 g/mol. The molecule has 0 saturated carbocycles. The third-order valence-electron chi connectivity index (χ3n) is 3.85. The van der Waals surface area contributed by atoms with Gasteiger partial charge in [-0.05, 0) is 24.0 Å². The Labute approximate surface area is 115 Å². The van der Waals surface area contributed by atoms with E-state index in [9.17, 15) is 4.79 Å². The van der Waals surface area contributed by atoms with Gasteiger partial charge in [-0.3, -0.25) is 4.79 Å². The summed E-state index contributed by atoms with van der Waals surface area (Å²) >= 11 is 0. The fourth-order valence-corrected chi connectivity index (χ4v) is 2.77. The van der Waals surface area contributed by atoms with Crippen LogP contribution in [0.15, 0.2) is 24.3 Å².